The van der Waals surface area contributed by atoms with Gasteiger partial charge in [-0.2, -0.15) is 0 Å². The molecule has 1 aromatic heterocycles. The lowest BCUT2D eigenvalue weighted by atomic mass is 9.89. The van der Waals surface area contributed by atoms with E-state index in [1.165, 1.54) is 0 Å². The number of amides is 1. The van der Waals surface area contributed by atoms with Gasteiger partial charge in [0.05, 0.1) is 21.3 Å². The Balaban J connectivity index is 1.71. The fourth-order valence-corrected chi connectivity index (χ4v) is 4.00. The third-order valence-electron chi connectivity index (χ3n) is 5.62. The van der Waals surface area contributed by atoms with E-state index in [-0.39, 0.29) is 11.8 Å². The lowest BCUT2D eigenvalue weighted by molar-refractivity contribution is 0.0952. The van der Waals surface area contributed by atoms with Gasteiger partial charge < -0.3 is 24.5 Å². The van der Waals surface area contributed by atoms with E-state index >= 15 is 0 Å². The van der Waals surface area contributed by atoms with Crippen molar-refractivity contribution in [2.24, 2.45) is 0 Å². The number of nitrogens with one attached hydrogen (secondary N) is 2. The first-order valence-electron chi connectivity index (χ1n) is 10.4. The Labute approximate surface area is 187 Å². The summed E-state index contributed by atoms with van der Waals surface area (Å²) in [5.41, 5.74) is 3.62. The quantitative estimate of drug-likeness (QED) is 0.423. The van der Waals surface area contributed by atoms with E-state index in [4.69, 9.17) is 14.2 Å². The Bertz CT molecular complexity index is 1210. The second kappa shape index (κ2) is 9.47. The van der Waals surface area contributed by atoms with Crippen molar-refractivity contribution in [3.05, 3.63) is 89.6 Å². The van der Waals surface area contributed by atoms with Gasteiger partial charge in [-0.1, -0.05) is 30.3 Å². The van der Waals surface area contributed by atoms with Crippen molar-refractivity contribution >= 4 is 16.8 Å². The summed E-state index contributed by atoms with van der Waals surface area (Å²) >= 11 is 0. The highest BCUT2D eigenvalue weighted by atomic mass is 16.5. The van der Waals surface area contributed by atoms with Crippen LogP contribution in [-0.4, -0.2) is 38.8 Å². The number of methoxy groups -OCH3 is 3. The van der Waals surface area contributed by atoms with Crippen molar-refractivity contribution in [3.8, 4) is 17.2 Å². The van der Waals surface area contributed by atoms with E-state index in [0.717, 1.165) is 22.0 Å². The highest BCUT2D eigenvalue weighted by Crippen LogP contribution is 2.40. The first-order chi connectivity index (χ1) is 15.7. The molecule has 4 rings (SSSR count). The number of carbonyl (C=O) groups excluding carboxylic acids is 1. The third-order valence-corrected chi connectivity index (χ3v) is 5.62. The molecule has 1 unspecified atom stereocenters. The fraction of sp³-hybridized carbons (Fsp3) is 0.192. The number of carbonyl (C=O) groups is 1. The molecule has 3 aromatic carbocycles. The lowest BCUT2D eigenvalue weighted by Crippen LogP contribution is -2.29. The maximum absolute atomic E-state index is 12.9. The van der Waals surface area contributed by atoms with Gasteiger partial charge in [0.1, 0.15) is 5.75 Å². The van der Waals surface area contributed by atoms with Crippen LogP contribution in [0.25, 0.3) is 10.9 Å². The molecule has 1 heterocycles. The molecule has 0 fully saturated rings. The molecule has 6 nitrogen and oxygen atoms in total. The Morgan fingerprint density at radius 2 is 1.66 bits per heavy atom. The minimum Gasteiger partial charge on any atom is -0.497 e. The average Bonchev–Trinajstić information content (AvgIpc) is 3.27. The summed E-state index contributed by atoms with van der Waals surface area (Å²) in [5, 5.41) is 4.18. The minimum absolute atomic E-state index is 0.153. The van der Waals surface area contributed by atoms with E-state index in [0.29, 0.717) is 29.4 Å². The zero-order valence-electron chi connectivity index (χ0n) is 18.3. The highest BCUT2D eigenvalue weighted by Gasteiger charge is 2.24. The number of hydrogen-bond acceptors (Lipinski definition) is 4. The second-order valence-electron chi connectivity index (χ2n) is 7.36. The lowest BCUT2D eigenvalue weighted by Gasteiger charge is -2.22. The van der Waals surface area contributed by atoms with E-state index in [1.54, 1.807) is 45.6 Å². The highest BCUT2D eigenvalue weighted by molar-refractivity contribution is 5.94. The molecule has 0 aliphatic rings. The van der Waals surface area contributed by atoms with Gasteiger partial charge in [0.25, 0.3) is 5.91 Å². The predicted octanol–water partition coefficient (Wildman–Crippen LogP) is 4.76. The molecule has 0 radical (unpaired) electrons. The van der Waals surface area contributed by atoms with Crippen LogP contribution in [0.2, 0.25) is 0 Å². The summed E-state index contributed by atoms with van der Waals surface area (Å²) < 4.78 is 16.4. The van der Waals surface area contributed by atoms with Crippen LogP contribution in [0.3, 0.4) is 0 Å². The van der Waals surface area contributed by atoms with Crippen LogP contribution in [0.4, 0.5) is 0 Å². The van der Waals surface area contributed by atoms with Gasteiger partial charge >= 0.3 is 0 Å². The molecular formula is C26H26N2O4. The summed E-state index contributed by atoms with van der Waals surface area (Å²) in [6.45, 7) is 0.385. The molecular weight excluding hydrogens is 404 g/mol. The molecule has 1 amide bonds. The molecule has 0 saturated carbocycles. The topological polar surface area (TPSA) is 72.6 Å². The van der Waals surface area contributed by atoms with Gasteiger partial charge in [0.2, 0.25) is 0 Å². The molecule has 164 valence electrons. The number of H-pyrrole nitrogens is 1. The first-order valence-corrected chi connectivity index (χ1v) is 10.4. The summed E-state index contributed by atoms with van der Waals surface area (Å²) in [6, 6.07) is 21.0. The van der Waals surface area contributed by atoms with Crippen molar-refractivity contribution < 1.29 is 19.0 Å². The monoisotopic (exact) mass is 430 g/mol. The fourth-order valence-electron chi connectivity index (χ4n) is 4.00. The van der Waals surface area contributed by atoms with Gasteiger partial charge in [-0.3, -0.25) is 4.79 Å². The molecule has 6 heteroatoms. The van der Waals surface area contributed by atoms with Crippen LogP contribution in [0.5, 0.6) is 17.2 Å². The standard InChI is InChI=1S/C26H26N2O4/c1-30-18-13-11-17(12-14-18)26(29)28-16-22(20-8-6-10-24(31-2)25(20)32-3)21-15-27-23-9-5-4-7-19(21)23/h4-15,22,27H,16H2,1-3H3,(H,28,29). The van der Waals surface area contributed by atoms with Crippen LogP contribution >= 0.6 is 0 Å². The molecule has 32 heavy (non-hydrogen) atoms. The molecule has 0 aliphatic carbocycles. The van der Waals surface area contributed by atoms with Crippen molar-refractivity contribution in [3.63, 3.8) is 0 Å². The smallest absolute Gasteiger partial charge is 0.251 e. The van der Waals surface area contributed by atoms with Crippen LogP contribution in [0, 0.1) is 0 Å². The molecule has 2 N–H and O–H groups in total. The Morgan fingerprint density at radius 1 is 0.875 bits per heavy atom. The van der Waals surface area contributed by atoms with E-state index in [1.807, 2.05) is 42.6 Å². The first kappa shape index (κ1) is 21.3. The van der Waals surface area contributed by atoms with Crippen molar-refractivity contribution in [2.45, 2.75) is 5.92 Å². The number of aromatic nitrogens is 1. The van der Waals surface area contributed by atoms with Gasteiger partial charge in [-0.25, -0.2) is 0 Å². The van der Waals surface area contributed by atoms with Gasteiger partial charge in [-0.05, 0) is 42.0 Å². The van der Waals surface area contributed by atoms with Gasteiger partial charge in [0, 0.05) is 40.7 Å². The summed E-state index contributed by atoms with van der Waals surface area (Å²) in [6.07, 6.45) is 1.99. The molecule has 0 spiro atoms. The number of benzene rings is 3. The second-order valence-corrected chi connectivity index (χ2v) is 7.36. The molecule has 0 aliphatic heterocycles. The Morgan fingerprint density at radius 3 is 2.38 bits per heavy atom. The van der Waals surface area contributed by atoms with Crippen LogP contribution in [0.1, 0.15) is 27.4 Å². The number of fused-ring (bicyclic) bond motifs is 1. The summed E-state index contributed by atoms with van der Waals surface area (Å²) in [5.74, 6) is 1.71. The van der Waals surface area contributed by atoms with Crippen molar-refractivity contribution in [2.75, 3.05) is 27.9 Å². The largest absolute Gasteiger partial charge is 0.497 e. The van der Waals surface area contributed by atoms with Gasteiger partial charge in [0.15, 0.2) is 11.5 Å². The number of aromatic amines is 1. The van der Waals surface area contributed by atoms with E-state index in [9.17, 15) is 4.79 Å². The maximum Gasteiger partial charge on any atom is 0.251 e. The minimum atomic E-state index is -0.154. The normalized spacial score (nSPS) is 11.7. The average molecular weight is 431 g/mol. The van der Waals surface area contributed by atoms with E-state index < -0.39 is 0 Å². The molecule has 4 aromatic rings. The summed E-state index contributed by atoms with van der Waals surface area (Å²) in [4.78, 5) is 16.2. The van der Waals surface area contributed by atoms with Gasteiger partial charge in [-0.15, -0.1) is 0 Å². The maximum atomic E-state index is 12.9. The van der Waals surface area contributed by atoms with Crippen molar-refractivity contribution in [1.29, 1.82) is 0 Å². The number of rotatable bonds is 8. The molecule has 0 bridgehead atoms. The molecule has 0 saturated heterocycles. The zero-order valence-corrected chi connectivity index (χ0v) is 18.3. The molecule has 1 atom stereocenters. The predicted molar refractivity (Wildman–Crippen MR) is 125 cm³/mol. The van der Waals surface area contributed by atoms with Crippen LogP contribution in [0.15, 0.2) is 72.9 Å². The number of hydrogen-bond donors (Lipinski definition) is 2. The van der Waals surface area contributed by atoms with Crippen LogP contribution in [-0.2, 0) is 0 Å². The number of para-hydroxylation sites is 2. The SMILES string of the molecule is COc1ccc(C(=O)NCC(c2cccc(OC)c2OC)c2c[nH]c3ccccc23)cc1. The zero-order chi connectivity index (χ0) is 22.5. The third kappa shape index (κ3) is 4.12. The number of ether oxygens (including phenoxy) is 3. The van der Waals surface area contributed by atoms with Crippen LogP contribution < -0.4 is 19.5 Å². The Hall–Kier alpha value is -3.93. The Kier molecular flexibility index (Phi) is 6.31. The summed E-state index contributed by atoms with van der Waals surface area (Å²) in [7, 11) is 4.85. The van der Waals surface area contributed by atoms with Crippen molar-refractivity contribution in [1.82, 2.24) is 10.3 Å². The van der Waals surface area contributed by atoms with E-state index in [2.05, 4.69) is 16.4 Å².